The lowest BCUT2D eigenvalue weighted by Gasteiger charge is -2.21. The molecule has 4 atom stereocenters. The van der Waals surface area contributed by atoms with Crippen molar-refractivity contribution in [3.8, 4) is 23.0 Å². The number of sulfone groups is 1. The Morgan fingerprint density at radius 1 is 1.09 bits per heavy atom. The number of amides is 1. The number of pyridine rings is 1. The molecular formula is C39H31ClF6N6O5S. The molecule has 1 aliphatic heterocycles. The second kappa shape index (κ2) is 14.5. The second-order valence-electron chi connectivity index (χ2n) is 14.8. The molecule has 1 amide bonds. The molecule has 0 radical (unpaired) electrons. The number of alkyl halides is 4. The molecule has 3 aromatic heterocycles. The number of nitrogens with one attached hydrogen (secondary N) is 1. The average Bonchev–Trinajstić information content (AvgIpc) is 3.38. The van der Waals surface area contributed by atoms with Crippen molar-refractivity contribution < 1.29 is 49.1 Å². The van der Waals surface area contributed by atoms with Gasteiger partial charge in [-0.3, -0.25) is 14.2 Å². The lowest BCUT2D eigenvalue weighted by atomic mass is 9.86. The Bertz CT molecular complexity index is 2710. The van der Waals surface area contributed by atoms with Crippen LogP contribution in [0.5, 0.6) is 0 Å². The normalized spacial score (nSPS) is 19.7. The van der Waals surface area contributed by atoms with Crippen LogP contribution in [0.3, 0.4) is 0 Å². The molecular weight excluding hydrogens is 814 g/mol. The number of aryl methyl sites for hydroxylation is 1. The monoisotopic (exact) mass is 844 g/mol. The van der Waals surface area contributed by atoms with Crippen molar-refractivity contribution in [3.05, 3.63) is 98.7 Å². The van der Waals surface area contributed by atoms with Crippen LogP contribution < -0.4 is 5.32 Å². The summed E-state index contributed by atoms with van der Waals surface area (Å²) < 4.78 is 120. The van der Waals surface area contributed by atoms with E-state index in [4.69, 9.17) is 21.3 Å². The van der Waals surface area contributed by atoms with Crippen molar-refractivity contribution in [1.29, 1.82) is 0 Å². The van der Waals surface area contributed by atoms with Gasteiger partial charge in [-0.25, -0.2) is 35.8 Å². The molecule has 8 rings (SSSR count). The van der Waals surface area contributed by atoms with Crippen LogP contribution in [-0.2, 0) is 51.1 Å². The summed E-state index contributed by atoms with van der Waals surface area (Å²) in [6.07, 6.45) is -3.48. The zero-order chi connectivity index (χ0) is 41.4. The molecule has 0 spiro atoms. The SMILES string of the molecule is Cn1nc(CS(C)(=O)=O)c2c(Cl)ccc(-c3ccc(C#C[C@@H]4COC(=O)N4)nc3[C@@H](CC(=O)Cn3nc(C(F)F)c4c3C(F)(F)[C@@H]3C[C@H]43)Cc3cc(F)cc(F)c3)c21. The Labute approximate surface area is 331 Å². The first-order valence-electron chi connectivity index (χ1n) is 17.9. The summed E-state index contributed by atoms with van der Waals surface area (Å²) in [5.74, 6) is -3.76. The zero-order valence-electron chi connectivity index (χ0n) is 30.5. The van der Waals surface area contributed by atoms with E-state index >= 15 is 8.78 Å². The number of carbonyl (C=O) groups excluding carboxylic acids is 2. The van der Waals surface area contributed by atoms with E-state index in [1.165, 1.54) is 10.7 Å². The third-order valence-corrected chi connectivity index (χ3v) is 11.5. The molecule has 1 saturated carbocycles. The lowest BCUT2D eigenvalue weighted by Crippen LogP contribution is -2.24. The van der Waals surface area contributed by atoms with Crippen LogP contribution in [-0.4, -0.2) is 63.7 Å². The van der Waals surface area contributed by atoms with Crippen molar-refractivity contribution in [2.45, 2.75) is 61.8 Å². The number of hydrogen-bond donors (Lipinski definition) is 1. The van der Waals surface area contributed by atoms with Crippen molar-refractivity contribution in [2.24, 2.45) is 13.0 Å². The Hall–Kier alpha value is -5.41. The largest absolute Gasteiger partial charge is 0.446 e. The molecule has 58 heavy (non-hydrogen) atoms. The maximum Gasteiger partial charge on any atom is 0.408 e. The van der Waals surface area contributed by atoms with Crippen molar-refractivity contribution in [1.82, 2.24) is 29.9 Å². The van der Waals surface area contributed by atoms with E-state index < -0.39 is 99.6 Å². The summed E-state index contributed by atoms with van der Waals surface area (Å²) >= 11 is 6.63. The number of nitrogens with zero attached hydrogens (tertiary/aromatic N) is 5. The summed E-state index contributed by atoms with van der Waals surface area (Å²) in [7, 11) is -2.01. The highest BCUT2D eigenvalue weighted by molar-refractivity contribution is 7.89. The number of rotatable bonds is 11. The summed E-state index contributed by atoms with van der Waals surface area (Å²) in [5, 5.41) is 11.3. The van der Waals surface area contributed by atoms with Crippen LogP contribution in [0.15, 0.2) is 42.5 Å². The number of hydrogen-bond acceptors (Lipinski definition) is 8. The van der Waals surface area contributed by atoms with Gasteiger partial charge in [0.25, 0.3) is 12.3 Å². The molecule has 11 nitrogen and oxygen atoms in total. The predicted octanol–water partition coefficient (Wildman–Crippen LogP) is 6.90. The van der Waals surface area contributed by atoms with E-state index in [9.17, 15) is 35.6 Å². The summed E-state index contributed by atoms with van der Waals surface area (Å²) in [6, 6.07) is 8.43. The van der Waals surface area contributed by atoms with Gasteiger partial charge in [-0.15, -0.1) is 0 Å². The van der Waals surface area contributed by atoms with Gasteiger partial charge in [-0.1, -0.05) is 23.6 Å². The first-order chi connectivity index (χ1) is 27.4. The maximum atomic E-state index is 15.4. The number of fused-ring (bicyclic) bond motifs is 4. The average molecular weight is 845 g/mol. The van der Waals surface area contributed by atoms with Crippen LogP contribution in [0.25, 0.3) is 22.0 Å². The highest BCUT2D eigenvalue weighted by atomic mass is 35.5. The number of cyclic esters (lactones) is 1. The standard InChI is InChI=1S/C39H31ClF6N6O5S/c1-51-35-26(7-8-29(40)32(35)30(49-51)17-58(2,55)56)25-6-5-22(3-4-23-16-57-38(54)48-23)47-33(25)19(9-18-10-20(41)13-21(42)11-18)12-24(53)15-52-36-31(34(50-52)37(43)44)27-14-28(27)39(36,45)46/h5-8,10-11,13,19,23,27-28,37H,9,12,14-17H2,1-2H3,(H,48,54)/t19-,23-,27+,28-/m1/s1. The van der Waals surface area contributed by atoms with Gasteiger partial charge in [-0.05, 0) is 60.6 Å². The minimum Gasteiger partial charge on any atom is -0.446 e. The Kier molecular flexibility index (Phi) is 9.82. The fourth-order valence-corrected chi connectivity index (χ4v) is 9.05. The van der Waals surface area contributed by atoms with Gasteiger partial charge in [0.2, 0.25) is 0 Å². The van der Waals surface area contributed by atoms with Gasteiger partial charge in [0, 0.05) is 59.7 Å². The van der Waals surface area contributed by atoms with Gasteiger partial charge < -0.3 is 10.1 Å². The van der Waals surface area contributed by atoms with E-state index in [-0.39, 0.29) is 52.7 Å². The quantitative estimate of drug-likeness (QED) is 0.112. The zero-order valence-corrected chi connectivity index (χ0v) is 32.1. The minimum absolute atomic E-state index is 0.0316. The highest BCUT2D eigenvalue weighted by Crippen LogP contribution is 2.68. The third kappa shape index (κ3) is 7.41. The summed E-state index contributed by atoms with van der Waals surface area (Å²) in [5.41, 5.74) is -0.0417. The molecule has 1 saturated heterocycles. The van der Waals surface area contributed by atoms with E-state index in [0.717, 1.165) is 18.4 Å². The molecule has 1 N–H and O–H groups in total. The number of Topliss-reactive ketones (excluding diaryl/α,β-unsaturated/α-hetero) is 1. The van der Waals surface area contributed by atoms with Crippen LogP contribution in [0.1, 0.15) is 70.7 Å². The number of alkyl carbamates (subject to hydrolysis) is 1. The molecule has 0 bridgehead atoms. The Balaban J connectivity index is 1.27. The number of carbonyl (C=O) groups is 2. The maximum absolute atomic E-state index is 15.4. The number of halogens is 7. The van der Waals surface area contributed by atoms with Crippen molar-refractivity contribution in [2.75, 3.05) is 12.9 Å². The molecule has 19 heteroatoms. The second-order valence-corrected chi connectivity index (χ2v) is 17.3. The Morgan fingerprint density at radius 3 is 2.48 bits per heavy atom. The Morgan fingerprint density at radius 2 is 1.81 bits per heavy atom. The van der Waals surface area contributed by atoms with E-state index in [0.29, 0.717) is 32.8 Å². The van der Waals surface area contributed by atoms with E-state index in [1.807, 2.05) is 0 Å². The fourth-order valence-electron chi connectivity index (χ4n) is 8.09. The summed E-state index contributed by atoms with van der Waals surface area (Å²) in [6.45, 7) is -0.848. The highest BCUT2D eigenvalue weighted by Gasteiger charge is 2.67. The van der Waals surface area contributed by atoms with Gasteiger partial charge in [0.1, 0.15) is 47.9 Å². The van der Waals surface area contributed by atoms with Gasteiger partial charge in [-0.2, -0.15) is 19.0 Å². The van der Waals surface area contributed by atoms with Crippen LogP contribution in [0.2, 0.25) is 5.02 Å². The van der Waals surface area contributed by atoms with Crippen LogP contribution >= 0.6 is 11.6 Å². The number of benzene rings is 2. The molecule has 5 aromatic rings. The topological polar surface area (TPSA) is 138 Å². The number of aromatic nitrogens is 5. The smallest absolute Gasteiger partial charge is 0.408 e. The van der Waals surface area contributed by atoms with Crippen LogP contribution in [0.4, 0.5) is 31.1 Å². The number of ether oxygens (including phenoxy) is 1. The molecule has 2 fully saturated rings. The van der Waals surface area contributed by atoms with E-state index in [2.05, 4.69) is 27.4 Å². The van der Waals surface area contributed by atoms with Crippen molar-refractivity contribution >= 4 is 44.2 Å². The van der Waals surface area contributed by atoms with E-state index in [1.54, 1.807) is 25.2 Å². The first-order valence-corrected chi connectivity index (χ1v) is 20.3. The third-order valence-electron chi connectivity index (χ3n) is 10.4. The van der Waals surface area contributed by atoms with Crippen molar-refractivity contribution in [3.63, 3.8) is 0 Å². The number of ketones is 1. The molecule has 3 aliphatic rings. The van der Waals surface area contributed by atoms with Gasteiger partial charge >= 0.3 is 6.09 Å². The molecule has 2 aliphatic carbocycles. The van der Waals surface area contributed by atoms with Gasteiger partial charge in [0.05, 0.1) is 27.7 Å². The van der Waals surface area contributed by atoms with Gasteiger partial charge in [0.15, 0.2) is 15.6 Å². The van der Waals surface area contributed by atoms with Crippen LogP contribution in [0, 0.1) is 29.4 Å². The molecule has 302 valence electrons. The minimum atomic E-state index is -3.58. The molecule has 2 aromatic carbocycles. The lowest BCUT2D eigenvalue weighted by molar-refractivity contribution is -0.120. The molecule has 0 unspecified atom stereocenters. The first kappa shape index (κ1) is 39.4. The molecule has 4 heterocycles. The fraction of sp³-hybridized carbons (Fsp3) is 0.359. The summed E-state index contributed by atoms with van der Waals surface area (Å²) in [4.78, 5) is 30.5. The predicted molar refractivity (Wildman–Crippen MR) is 197 cm³/mol.